The molecule has 4 heteroatoms. The molecule has 0 radical (unpaired) electrons. The Morgan fingerprint density at radius 2 is 2.55 bits per heavy atom. The highest BCUT2D eigenvalue weighted by Gasteiger charge is 2.25. The van der Waals surface area contributed by atoms with Crippen molar-refractivity contribution in [2.45, 2.75) is 0 Å². The SMILES string of the molecule is O=C(O)C1=CC2CNNC2=C1. The van der Waals surface area contributed by atoms with E-state index in [4.69, 9.17) is 5.11 Å². The summed E-state index contributed by atoms with van der Waals surface area (Å²) in [6.07, 6.45) is 3.41. The monoisotopic (exact) mass is 152 g/mol. The van der Waals surface area contributed by atoms with Crippen LogP contribution in [0.4, 0.5) is 0 Å². The highest BCUT2D eigenvalue weighted by atomic mass is 16.4. The van der Waals surface area contributed by atoms with Gasteiger partial charge in [-0.05, 0) is 6.08 Å². The number of fused-ring (bicyclic) bond motifs is 1. The maximum Gasteiger partial charge on any atom is 0.335 e. The lowest BCUT2D eigenvalue weighted by Crippen LogP contribution is -2.21. The average molecular weight is 152 g/mol. The molecule has 1 saturated heterocycles. The smallest absolute Gasteiger partial charge is 0.335 e. The molecule has 2 rings (SSSR count). The third-order valence-corrected chi connectivity index (χ3v) is 1.89. The molecule has 1 heterocycles. The number of hydrogen-bond donors (Lipinski definition) is 3. The van der Waals surface area contributed by atoms with Crippen LogP contribution in [0.2, 0.25) is 0 Å². The molecular formula is C7H8N2O2. The summed E-state index contributed by atoms with van der Waals surface area (Å²) in [5.41, 5.74) is 7.18. The predicted molar refractivity (Wildman–Crippen MR) is 38.4 cm³/mol. The van der Waals surface area contributed by atoms with Crippen molar-refractivity contribution < 1.29 is 9.90 Å². The zero-order chi connectivity index (χ0) is 7.84. The lowest BCUT2D eigenvalue weighted by atomic mass is 10.1. The van der Waals surface area contributed by atoms with Gasteiger partial charge in [0, 0.05) is 18.2 Å². The van der Waals surface area contributed by atoms with E-state index >= 15 is 0 Å². The maximum atomic E-state index is 10.5. The molecule has 58 valence electrons. The number of hydrogen-bond acceptors (Lipinski definition) is 3. The van der Waals surface area contributed by atoms with E-state index in [1.54, 1.807) is 12.2 Å². The summed E-state index contributed by atoms with van der Waals surface area (Å²) < 4.78 is 0. The number of rotatable bonds is 1. The fourth-order valence-corrected chi connectivity index (χ4v) is 1.32. The molecular weight excluding hydrogens is 144 g/mol. The first-order valence-corrected chi connectivity index (χ1v) is 3.43. The largest absolute Gasteiger partial charge is 0.478 e. The van der Waals surface area contributed by atoms with E-state index in [1.165, 1.54) is 0 Å². The van der Waals surface area contributed by atoms with Gasteiger partial charge in [0.05, 0.1) is 5.57 Å². The predicted octanol–water partition coefficient (Wildman–Crippen LogP) is -0.381. The second-order valence-corrected chi connectivity index (χ2v) is 2.64. The summed E-state index contributed by atoms with van der Waals surface area (Å²) >= 11 is 0. The molecule has 11 heavy (non-hydrogen) atoms. The van der Waals surface area contributed by atoms with Gasteiger partial charge in [-0.2, -0.15) is 0 Å². The standard InChI is InChI=1S/C7H8N2O2/c10-7(11)4-1-5-3-8-9-6(5)2-4/h1-2,5,8-9H,3H2,(H,10,11). The summed E-state index contributed by atoms with van der Waals surface area (Å²) in [5.74, 6) is -0.616. The molecule has 1 atom stereocenters. The third kappa shape index (κ3) is 0.914. The van der Waals surface area contributed by atoms with Gasteiger partial charge >= 0.3 is 5.97 Å². The Morgan fingerprint density at radius 3 is 3.18 bits per heavy atom. The maximum absolute atomic E-state index is 10.5. The van der Waals surface area contributed by atoms with Gasteiger partial charge in [-0.1, -0.05) is 6.08 Å². The Kier molecular flexibility index (Phi) is 1.22. The Morgan fingerprint density at radius 1 is 1.73 bits per heavy atom. The first-order valence-electron chi connectivity index (χ1n) is 3.43. The molecule has 0 spiro atoms. The van der Waals surface area contributed by atoms with Crippen LogP contribution in [0.3, 0.4) is 0 Å². The Balaban J connectivity index is 2.25. The second kappa shape index (κ2) is 2.10. The molecule has 1 aliphatic carbocycles. The first kappa shape index (κ1) is 6.42. The number of nitrogens with one attached hydrogen (secondary N) is 2. The van der Waals surface area contributed by atoms with Gasteiger partial charge in [0.15, 0.2) is 0 Å². The van der Waals surface area contributed by atoms with Crippen LogP contribution < -0.4 is 10.9 Å². The molecule has 0 amide bonds. The molecule has 0 bridgehead atoms. The van der Waals surface area contributed by atoms with E-state index in [0.29, 0.717) is 5.57 Å². The van der Waals surface area contributed by atoms with E-state index in [9.17, 15) is 4.79 Å². The van der Waals surface area contributed by atoms with Gasteiger partial charge in [0.1, 0.15) is 0 Å². The topological polar surface area (TPSA) is 61.4 Å². The van der Waals surface area contributed by atoms with Crippen molar-refractivity contribution in [2.24, 2.45) is 5.92 Å². The molecule has 1 fully saturated rings. The molecule has 4 nitrogen and oxygen atoms in total. The number of carbonyl (C=O) groups is 1. The van der Waals surface area contributed by atoms with Crippen LogP contribution in [-0.4, -0.2) is 17.6 Å². The molecule has 0 aromatic heterocycles. The van der Waals surface area contributed by atoms with Crippen LogP contribution in [0, 0.1) is 5.92 Å². The van der Waals surface area contributed by atoms with E-state index < -0.39 is 5.97 Å². The number of aliphatic carboxylic acids is 1. The van der Waals surface area contributed by atoms with Crippen LogP contribution in [0.15, 0.2) is 23.4 Å². The van der Waals surface area contributed by atoms with Crippen molar-refractivity contribution in [1.29, 1.82) is 0 Å². The Bertz CT molecular complexity index is 268. The van der Waals surface area contributed by atoms with Crippen LogP contribution in [-0.2, 0) is 4.79 Å². The Labute approximate surface area is 63.6 Å². The lowest BCUT2D eigenvalue weighted by molar-refractivity contribution is -0.132. The van der Waals surface area contributed by atoms with Crippen molar-refractivity contribution in [3.8, 4) is 0 Å². The quantitative estimate of drug-likeness (QED) is 0.479. The number of carboxylic acid groups (broad SMARTS) is 1. The van der Waals surface area contributed by atoms with Crippen LogP contribution in [0.25, 0.3) is 0 Å². The average Bonchev–Trinajstić information content (AvgIpc) is 2.40. The lowest BCUT2D eigenvalue weighted by Gasteiger charge is -1.94. The van der Waals surface area contributed by atoms with Crippen molar-refractivity contribution in [1.82, 2.24) is 10.9 Å². The Hall–Kier alpha value is -1.29. The summed E-state index contributed by atoms with van der Waals surface area (Å²) in [6.45, 7) is 0.780. The molecule has 3 N–H and O–H groups in total. The molecule has 0 aromatic carbocycles. The summed E-state index contributed by atoms with van der Waals surface area (Å²) in [4.78, 5) is 10.5. The molecule has 0 aromatic rings. The first-order chi connectivity index (χ1) is 5.27. The minimum atomic E-state index is -0.853. The summed E-state index contributed by atoms with van der Waals surface area (Å²) in [6, 6.07) is 0. The van der Waals surface area contributed by atoms with Crippen molar-refractivity contribution in [3.05, 3.63) is 23.4 Å². The highest BCUT2D eigenvalue weighted by molar-refractivity contribution is 5.91. The highest BCUT2D eigenvalue weighted by Crippen LogP contribution is 2.23. The molecule has 1 aliphatic heterocycles. The summed E-state index contributed by atoms with van der Waals surface area (Å²) in [5, 5.41) is 8.61. The zero-order valence-electron chi connectivity index (χ0n) is 5.79. The van der Waals surface area contributed by atoms with Crippen molar-refractivity contribution in [3.63, 3.8) is 0 Å². The van der Waals surface area contributed by atoms with Gasteiger partial charge in [-0.15, -0.1) is 0 Å². The summed E-state index contributed by atoms with van der Waals surface area (Å²) in [7, 11) is 0. The van der Waals surface area contributed by atoms with Gasteiger partial charge in [0.2, 0.25) is 0 Å². The number of carboxylic acids is 1. The molecule has 1 unspecified atom stereocenters. The van der Waals surface area contributed by atoms with E-state index in [0.717, 1.165) is 12.2 Å². The van der Waals surface area contributed by atoms with Crippen LogP contribution >= 0.6 is 0 Å². The molecule has 0 saturated carbocycles. The minimum absolute atomic E-state index is 0.237. The number of hydrazine groups is 1. The zero-order valence-corrected chi connectivity index (χ0v) is 5.79. The fourth-order valence-electron chi connectivity index (χ4n) is 1.32. The third-order valence-electron chi connectivity index (χ3n) is 1.89. The van der Waals surface area contributed by atoms with Crippen molar-refractivity contribution in [2.75, 3.05) is 6.54 Å². The molecule has 2 aliphatic rings. The normalized spacial score (nSPS) is 27.1. The van der Waals surface area contributed by atoms with Gasteiger partial charge in [-0.3, -0.25) is 0 Å². The van der Waals surface area contributed by atoms with E-state index in [-0.39, 0.29) is 5.92 Å². The van der Waals surface area contributed by atoms with E-state index in [2.05, 4.69) is 10.9 Å². The van der Waals surface area contributed by atoms with E-state index in [1.807, 2.05) is 0 Å². The van der Waals surface area contributed by atoms with Crippen LogP contribution in [0.5, 0.6) is 0 Å². The van der Waals surface area contributed by atoms with Gasteiger partial charge in [0.25, 0.3) is 0 Å². The van der Waals surface area contributed by atoms with Crippen LogP contribution in [0.1, 0.15) is 0 Å². The van der Waals surface area contributed by atoms with Gasteiger partial charge < -0.3 is 10.5 Å². The van der Waals surface area contributed by atoms with Crippen molar-refractivity contribution >= 4 is 5.97 Å². The second-order valence-electron chi connectivity index (χ2n) is 2.64. The minimum Gasteiger partial charge on any atom is -0.478 e. The van der Waals surface area contributed by atoms with Gasteiger partial charge in [-0.25, -0.2) is 10.2 Å². The fraction of sp³-hybridized carbons (Fsp3) is 0.286.